The molecule has 0 aliphatic carbocycles. The van der Waals surface area contributed by atoms with Gasteiger partial charge >= 0.3 is 0 Å². The van der Waals surface area contributed by atoms with Crippen LogP contribution in [-0.2, 0) is 19.4 Å². The summed E-state index contributed by atoms with van der Waals surface area (Å²) in [5.41, 5.74) is 1.59. The number of H-pyrrole nitrogens is 1. The van der Waals surface area contributed by atoms with Crippen LogP contribution >= 0.6 is 0 Å². The number of non-ortho nitro benzene ring substituents is 1. The van der Waals surface area contributed by atoms with E-state index < -0.39 is 10.7 Å². The van der Waals surface area contributed by atoms with Crippen molar-refractivity contribution in [2.24, 2.45) is 0 Å². The highest BCUT2D eigenvalue weighted by molar-refractivity contribution is 5.50. The van der Waals surface area contributed by atoms with E-state index >= 15 is 0 Å². The predicted octanol–water partition coefficient (Wildman–Crippen LogP) is 2.55. The molecule has 0 amide bonds. The molecule has 0 unspecified atom stereocenters. The highest BCUT2D eigenvalue weighted by Crippen LogP contribution is 2.21. The van der Waals surface area contributed by atoms with E-state index in [1.807, 2.05) is 13.8 Å². The molecule has 0 aliphatic rings. The molecule has 2 rings (SSSR count). The Morgan fingerprint density at radius 1 is 1.30 bits per heavy atom. The lowest BCUT2D eigenvalue weighted by Crippen LogP contribution is -2.22. The van der Waals surface area contributed by atoms with Gasteiger partial charge in [0.05, 0.1) is 22.4 Å². The lowest BCUT2D eigenvalue weighted by molar-refractivity contribution is -0.385. The van der Waals surface area contributed by atoms with Gasteiger partial charge in [-0.25, -0.2) is 9.49 Å². The second-order valence-corrected chi connectivity index (χ2v) is 4.94. The summed E-state index contributed by atoms with van der Waals surface area (Å²) >= 11 is 0. The summed E-state index contributed by atoms with van der Waals surface area (Å²) in [5, 5.41) is 19.9. The Labute approximate surface area is 131 Å². The fourth-order valence-corrected chi connectivity index (χ4v) is 2.41. The lowest BCUT2D eigenvalue weighted by Gasteiger charge is -2.12. The third-order valence-corrected chi connectivity index (χ3v) is 3.59. The third-order valence-electron chi connectivity index (χ3n) is 3.59. The highest BCUT2D eigenvalue weighted by Gasteiger charge is 2.14. The number of hydrogen-bond donors (Lipinski definition) is 2. The number of aromatic nitrogens is 2. The topological polar surface area (TPSA) is 101 Å². The Kier molecular flexibility index (Phi) is 5.05. The molecule has 1 aromatic heterocycles. The van der Waals surface area contributed by atoms with E-state index in [4.69, 9.17) is 0 Å². The first-order chi connectivity index (χ1) is 11.0. The van der Waals surface area contributed by atoms with Gasteiger partial charge in [0, 0.05) is 18.2 Å². The van der Waals surface area contributed by atoms with Gasteiger partial charge in [0.15, 0.2) is 5.82 Å². The number of nitrogens with zero attached hydrogens (tertiary/aromatic N) is 2. The SMILES string of the molecule is CCc1n[nH]c(=O)c(CNc2ccc([N+](=O)[O-])cc2F)c1CC. The lowest BCUT2D eigenvalue weighted by atomic mass is 10.0. The van der Waals surface area contributed by atoms with Crippen LogP contribution in [0.2, 0.25) is 0 Å². The molecule has 0 bridgehead atoms. The first-order valence-electron chi connectivity index (χ1n) is 7.25. The van der Waals surface area contributed by atoms with E-state index in [0.717, 1.165) is 17.3 Å². The van der Waals surface area contributed by atoms with Crippen molar-refractivity contribution in [3.05, 3.63) is 61.3 Å². The van der Waals surface area contributed by atoms with Crippen LogP contribution in [-0.4, -0.2) is 15.1 Å². The van der Waals surface area contributed by atoms with Crippen molar-refractivity contribution in [3.8, 4) is 0 Å². The molecule has 1 aromatic carbocycles. The van der Waals surface area contributed by atoms with Crippen LogP contribution in [0.1, 0.15) is 30.7 Å². The van der Waals surface area contributed by atoms with E-state index in [2.05, 4.69) is 15.5 Å². The summed E-state index contributed by atoms with van der Waals surface area (Å²) in [4.78, 5) is 21.9. The Balaban J connectivity index is 2.28. The molecular weight excluding hydrogens is 303 g/mol. The van der Waals surface area contributed by atoms with Crippen LogP contribution in [0.25, 0.3) is 0 Å². The van der Waals surface area contributed by atoms with Crippen LogP contribution in [0.3, 0.4) is 0 Å². The van der Waals surface area contributed by atoms with Crippen molar-refractivity contribution in [3.63, 3.8) is 0 Å². The van der Waals surface area contributed by atoms with Gasteiger partial charge in [-0.15, -0.1) is 0 Å². The summed E-state index contributed by atoms with van der Waals surface area (Å²) in [7, 11) is 0. The van der Waals surface area contributed by atoms with Crippen molar-refractivity contribution >= 4 is 11.4 Å². The number of hydrogen-bond acceptors (Lipinski definition) is 5. The fourth-order valence-electron chi connectivity index (χ4n) is 2.41. The number of aryl methyl sites for hydroxylation is 1. The van der Waals surface area contributed by atoms with Crippen molar-refractivity contribution in [1.82, 2.24) is 10.2 Å². The zero-order chi connectivity index (χ0) is 17.0. The molecule has 2 N–H and O–H groups in total. The van der Waals surface area contributed by atoms with Gasteiger partial charge in [-0.2, -0.15) is 5.10 Å². The molecule has 0 radical (unpaired) electrons. The first kappa shape index (κ1) is 16.6. The Bertz CT molecular complexity index is 789. The van der Waals surface area contributed by atoms with Gasteiger partial charge in [0.25, 0.3) is 11.2 Å². The maximum absolute atomic E-state index is 13.9. The van der Waals surface area contributed by atoms with Crippen LogP contribution < -0.4 is 10.9 Å². The summed E-state index contributed by atoms with van der Waals surface area (Å²) in [6, 6.07) is 3.34. The zero-order valence-electron chi connectivity index (χ0n) is 12.9. The second kappa shape index (κ2) is 6.99. The molecule has 2 aromatic rings. The normalized spacial score (nSPS) is 10.6. The monoisotopic (exact) mass is 320 g/mol. The predicted molar refractivity (Wildman–Crippen MR) is 84.0 cm³/mol. The summed E-state index contributed by atoms with van der Waals surface area (Å²) in [6.45, 7) is 3.97. The number of rotatable bonds is 6. The first-order valence-corrected chi connectivity index (χ1v) is 7.25. The molecule has 7 nitrogen and oxygen atoms in total. The van der Waals surface area contributed by atoms with Gasteiger partial charge in [0.2, 0.25) is 0 Å². The van der Waals surface area contributed by atoms with Crippen LogP contribution in [0.15, 0.2) is 23.0 Å². The molecule has 1 heterocycles. The number of nitro benzene ring substituents is 1. The summed E-state index contributed by atoms with van der Waals surface area (Å²) in [5.74, 6) is -0.738. The summed E-state index contributed by atoms with van der Waals surface area (Å²) < 4.78 is 13.9. The van der Waals surface area contributed by atoms with Gasteiger partial charge in [-0.05, 0) is 24.5 Å². The molecule has 8 heteroatoms. The number of halogens is 1. The highest BCUT2D eigenvalue weighted by atomic mass is 19.1. The average molecular weight is 320 g/mol. The number of benzene rings is 1. The van der Waals surface area contributed by atoms with Gasteiger partial charge in [-0.1, -0.05) is 13.8 Å². The molecule has 0 saturated carbocycles. The Morgan fingerprint density at radius 3 is 2.61 bits per heavy atom. The molecular formula is C15H17FN4O3. The minimum atomic E-state index is -0.738. The summed E-state index contributed by atoms with van der Waals surface area (Å²) in [6.07, 6.45) is 1.32. The van der Waals surface area contributed by atoms with Crippen LogP contribution in [0.5, 0.6) is 0 Å². The van der Waals surface area contributed by atoms with E-state index in [0.29, 0.717) is 18.4 Å². The molecule has 0 spiro atoms. The number of nitro groups is 1. The Hall–Kier alpha value is -2.77. The molecule has 0 fully saturated rings. The maximum atomic E-state index is 13.9. The van der Waals surface area contributed by atoms with E-state index in [1.165, 1.54) is 12.1 Å². The second-order valence-electron chi connectivity index (χ2n) is 4.94. The number of aromatic amines is 1. The van der Waals surface area contributed by atoms with Gasteiger partial charge in [0.1, 0.15) is 0 Å². The molecule has 0 atom stereocenters. The largest absolute Gasteiger partial charge is 0.378 e. The van der Waals surface area contributed by atoms with E-state index in [9.17, 15) is 19.3 Å². The van der Waals surface area contributed by atoms with Gasteiger partial charge in [-0.3, -0.25) is 14.9 Å². The van der Waals surface area contributed by atoms with Crippen molar-refractivity contribution in [1.29, 1.82) is 0 Å². The zero-order valence-corrected chi connectivity index (χ0v) is 12.9. The van der Waals surface area contributed by atoms with Crippen LogP contribution in [0.4, 0.5) is 15.8 Å². The standard InChI is InChI=1S/C15H17FN4O3/c1-3-10-11(15(21)19-18-13(10)4-2)8-17-14-6-5-9(20(22)23)7-12(14)16/h5-7,17H,3-4,8H2,1-2H3,(H,19,21). The molecule has 23 heavy (non-hydrogen) atoms. The quantitative estimate of drug-likeness (QED) is 0.629. The third kappa shape index (κ3) is 3.53. The van der Waals surface area contributed by atoms with Crippen molar-refractivity contribution < 1.29 is 9.31 Å². The fraction of sp³-hybridized carbons (Fsp3) is 0.333. The molecule has 0 saturated heterocycles. The smallest absolute Gasteiger partial charge is 0.272 e. The van der Waals surface area contributed by atoms with Crippen molar-refractivity contribution in [2.45, 2.75) is 33.2 Å². The molecule has 122 valence electrons. The van der Waals surface area contributed by atoms with Crippen molar-refractivity contribution in [2.75, 3.05) is 5.32 Å². The Morgan fingerprint density at radius 2 is 2.04 bits per heavy atom. The minimum Gasteiger partial charge on any atom is -0.378 e. The van der Waals surface area contributed by atoms with Gasteiger partial charge < -0.3 is 5.32 Å². The number of anilines is 1. The minimum absolute atomic E-state index is 0.104. The van der Waals surface area contributed by atoms with Crippen LogP contribution in [0, 0.1) is 15.9 Å². The maximum Gasteiger partial charge on any atom is 0.272 e. The van der Waals surface area contributed by atoms with E-state index in [-0.39, 0.29) is 23.5 Å². The number of nitrogens with one attached hydrogen (secondary N) is 2. The van der Waals surface area contributed by atoms with E-state index in [1.54, 1.807) is 0 Å². The molecule has 0 aliphatic heterocycles. The average Bonchev–Trinajstić information content (AvgIpc) is 2.54.